The van der Waals surface area contributed by atoms with Gasteiger partial charge in [-0.25, -0.2) is 4.39 Å². The Balaban J connectivity index is 1.27. The number of carbonyl (C=O) groups is 2. The van der Waals surface area contributed by atoms with Crippen LogP contribution in [0.15, 0.2) is 42.5 Å². The van der Waals surface area contributed by atoms with E-state index < -0.39 is 11.0 Å². The molecule has 1 saturated carbocycles. The lowest BCUT2D eigenvalue weighted by atomic mass is 10.2. The fourth-order valence-corrected chi connectivity index (χ4v) is 4.22. The Morgan fingerprint density at radius 1 is 1.03 bits per heavy atom. The number of ether oxygens (including phenoxy) is 2. The smallest absolute Gasteiger partial charge is 0.251 e. The van der Waals surface area contributed by atoms with Gasteiger partial charge in [0.1, 0.15) is 5.82 Å². The SMILES string of the molecule is CC(SCC(=O)Nc1ccc(F)cc1)C(=O)Nc1ccc2c(c1)OC1(CCCC1)O2. The zero-order chi connectivity index (χ0) is 21.1. The van der Waals surface area contributed by atoms with Crippen LogP contribution >= 0.6 is 11.8 Å². The maximum Gasteiger partial charge on any atom is 0.251 e. The van der Waals surface area contributed by atoms with E-state index in [-0.39, 0.29) is 23.4 Å². The van der Waals surface area contributed by atoms with E-state index in [9.17, 15) is 14.0 Å². The maximum atomic E-state index is 12.9. The van der Waals surface area contributed by atoms with Crippen LogP contribution in [-0.4, -0.2) is 28.6 Å². The summed E-state index contributed by atoms with van der Waals surface area (Å²) in [4.78, 5) is 24.5. The number of hydrogen-bond acceptors (Lipinski definition) is 5. The van der Waals surface area contributed by atoms with Crippen LogP contribution in [0.1, 0.15) is 32.6 Å². The van der Waals surface area contributed by atoms with E-state index in [1.54, 1.807) is 19.1 Å². The summed E-state index contributed by atoms with van der Waals surface area (Å²) >= 11 is 1.22. The first-order valence-corrected chi connectivity index (χ1v) is 11.0. The second-order valence-corrected chi connectivity index (χ2v) is 8.81. The number of hydrogen-bond donors (Lipinski definition) is 2. The summed E-state index contributed by atoms with van der Waals surface area (Å²) < 4.78 is 24.9. The molecule has 0 saturated heterocycles. The molecule has 1 fully saturated rings. The Morgan fingerprint density at radius 3 is 2.43 bits per heavy atom. The van der Waals surface area contributed by atoms with E-state index in [1.165, 1.54) is 36.0 Å². The molecule has 1 unspecified atom stereocenters. The van der Waals surface area contributed by atoms with E-state index in [2.05, 4.69) is 10.6 Å². The summed E-state index contributed by atoms with van der Waals surface area (Å²) in [6.07, 6.45) is 3.91. The molecule has 0 bridgehead atoms. The lowest BCUT2D eigenvalue weighted by molar-refractivity contribution is -0.115. The minimum absolute atomic E-state index is 0.107. The lowest BCUT2D eigenvalue weighted by Gasteiger charge is -2.21. The monoisotopic (exact) mass is 430 g/mol. The summed E-state index contributed by atoms with van der Waals surface area (Å²) in [6, 6.07) is 10.9. The van der Waals surface area contributed by atoms with Gasteiger partial charge in [-0.05, 0) is 56.2 Å². The van der Waals surface area contributed by atoms with Crippen LogP contribution in [0.25, 0.3) is 0 Å². The summed E-state index contributed by atoms with van der Waals surface area (Å²) in [7, 11) is 0. The zero-order valence-electron chi connectivity index (χ0n) is 16.6. The number of halogens is 1. The van der Waals surface area contributed by atoms with E-state index in [0.717, 1.165) is 25.7 Å². The molecule has 6 nitrogen and oxygen atoms in total. The molecule has 158 valence electrons. The summed E-state index contributed by atoms with van der Waals surface area (Å²) in [6.45, 7) is 1.74. The molecule has 2 aliphatic rings. The van der Waals surface area contributed by atoms with Gasteiger partial charge in [-0.1, -0.05) is 0 Å². The van der Waals surface area contributed by atoms with Gasteiger partial charge >= 0.3 is 0 Å². The molecule has 1 atom stereocenters. The highest BCUT2D eigenvalue weighted by Crippen LogP contribution is 2.47. The van der Waals surface area contributed by atoms with Crippen molar-refractivity contribution in [2.75, 3.05) is 16.4 Å². The summed E-state index contributed by atoms with van der Waals surface area (Å²) in [5, 5.41) is 5.10. The van der Waals surface area contributed by atoms with Crippen molar-refractivity contribution in [2.45, 2.75) is 43.6 Å². The van der Waals surface area contributed by atoms with E-state index in [0.29, 0.717) is 22.9 Å². The van der Waals surface area contributed by atoms with Gasteiger partial charge in [-0.2, -0.15) is 0 Å². The van der Waals surface area contributed by atoms with Crippen LogP contribution in [0.3, 0.4) is 0 Å². The second kappa shape index (κ2) is 8.55. The highest BCUT2D eigenvalue weighted by molar-refractivity contribution is 8.01. The van der Waals surface area contributed by atoms with Gasteiger partial charge in [0.25, 0.3) is 5.79 Å². The zero-order valence-corrected chi connectivity index (χ0v) is 17.4. The Labute approximate surface area is 178 Å². The Morgan fingerprint density at radius 2 is 1.70 bits per heavy atom. The lowest BCUT2D eigenvalue weighted by Crippen LogP contribution is -2.34. The Kier molecular flexibility index (Phi) is 5.85. The predicted molar refractivity (Wildman–Crippen MR) is 114 cm³/mol. The number of rotatable bonds is 6. The number of thioether (sulfide) groups is 1. The van der Waals surface area contributed by atoms with Gasteiger partial charge in [0.05, 0.1) is 11.0 Å². The van der Waals surface area contributed by atoms with Crippen molar-refractivity contribution < 1.29 is 23.5 Å². The van der Waals surface area contributed by atoms with Crippen LogP contribution in [0, 0.1) is 5.82 Å². The van der Waals surface area contributed by atoms with Gasteiger partial charge in [0.15, 0.2) is 11.5 Å². The molecule has 4 rings (SSSR count). The number of nitrogens with one attached hydrogen (secondary N) is 2. The topological polar surface area (TPSA) is 76.7 Å². The maximum absolute atomic E-state index is 12.9. The van der Waals surface area contributed by atoms with Crippen LogP contribution < -0.4 is 20.1 Å². The van der Waals surface area contributed by atoms with Crippen LogP contribution in [0.2, 0.25) is 0 Å². The minimum atomic E-state index is -0.536. The number of benzene rings is 2. The fourth-order valence-electron chi connectivity index (χ4n) is 3.54. The molecule has 2 amide bonds. The largest absolute Gasteiger partial charge is 0.448 e. The normalized spacial score (nSPS) is 17.0. The quantitative estimate of drug-likeness (QED) is 0.702. The molecule has 2 N–H and O–H groups in total. The molecular formula is C22H23FN2O4S. The van der Waals surface area contributed by atoms with Crippen molar-refractivity contribution in [3.63, 3.8) is 0 Å². The molecule has 2 aromatic rings. The van der Waals surface area contributed by atoms with Gasteiger partial charge in [0.2, 0.25) is 11.8 Å². The Hall–Kier alpha value is -2.74. The predicted octanol–water partition coefficient (Wildman–Crippen LogP) is 4.57. The molecule has 1 spiro atoms. The van der Waals surface area contributed by atoms with Crippen molar-refractivity contribution in [3.05, 3.63) is 48.3 Å². The molecule has 30 heavy (non-hydrogen) atoms. The molecule has 0 aromatic heterocycles. The van der Waals surface area contributed by atoms with E-state index in [4.69, 9.17) is 9.47 Å². The first-order chi connectivity index (χ1) is 14.4. The third-order valence-electron chi connectivity index (χ3n) is 5.13. The van der Waals surface area contributed by atoms with Gasteiger partial charge in [0, 0.05) is 30.3 Å². The molecule has 1 heterocycles. The molecule has 0 radical (unpaired) electrons. The number of fused-ring (bicyclic) bond motifs is 1. The van der Waals surface area contributed by atoms with Crippen molar-refractivity contribution in [1.29, 1.82) is 0 Å². The van der Waals surface area contributed by atoms with Crippen molar-refractivity contribution in [3.8, 4) is 11.5 Å². The van der Waals surface area contributed by atoms with Gasteiger partial charge < -0.3 is 20.1 Å². The number of amides is 2. The van der Waals surface area contributed by atoms with Crippen LogP contribution in [0.5, 0.6) is 11.5 Å². The number of carbonyl (C=O) groups excluding carboxylic acids is 2. The third kappa shape index (κ3) is 4.70. The fraction of sp³-hybridized carbons (Fsp3) is 0.364. The molecule has 2 aromatic carbocycles. The number of anilines is 2. The van der Waals surface area contributed by atoms with Crippen molar-refractivity contribution in [2.24, 2.45) is 0 Å². The standard InChI is InChI=1S/C22H23FN2O4S/c1-14(30-13-20(26)24-16-6-4-15(23)5-7-16)21(27)25-17-8-9-18-19(12-17)29-22(28-18)10-2-3-11-22/h4-9,12,14H,2-3,10-11,13H2,1H3,(H,24,26)(H,25,27). The van der Waals surface area contributed by atoms with Crippen molar-refractivity contribution >= 4 is 35.0 Å². The Bertz CT molecular complexity index is 945. The minimum Gasteiger partial charge on any atom is -0.448 e. The molecule has 8 heteroatoms. The highest BCUT2D eigenvalue weighted by Gasteiger charge is 2.44. The molecular weight excluding hydrogens is 407 g/mol. The average molecular weight is 431 g/mol. The van der Waals surface area contributed by atoms with Gasteiger partial charge in [-0.3, -0.25) is 9.59 Å². The first kappa shape index (κ1) is 20.5. The molecule has 1 aliphatic heterocycles. The highest BCUT2D eigenvalue weighted by atomic mass is 32.2. The summed E-state index contributed by atoms with van der Waals surface area (Å²) in [5.41, 5.74) is 1.14. The third-order valence-corrected chi connectivity index (χ3v) is 6.27. The van der Waals surface area contributed by atoms with Gasteiger partial charge in [-0.15, -0.1) is 11.8 Å². The molecule has 1 aliphatic carbocycles. The van der Waals surface area contributed by atoms with Crippen LogP contribution in [0.4, 0.5) is 15.8 Å². The van der Waals surface area contributed by atoms with E-state index >= 15 is 0 Å². The van der Waals surface area contributed by atoms with Crippen molar-refractivity contribution in [1.82, 2.24) is 0 Å². The van der Waals surface area contributed by atoms with Crippen LogP contribution in [-0.2, 0) is 9.59 Å². The average Bonchev–Trinajstić information content (AvgIpc) is 3.33. The summed E-state index contributed by atoms with van der Waals surface area (Å²) in [5.74, 6) is 0.0972. The first-order valence-electron chi connectivity index (χ1n) is 9.92. The second-order valence-electron chi connectivity index (χ2n) is 7.48. The van der Waals surface area contributed by atoms with E-state index in [1.807, 2.05) is 6.07 Å².